The van der Waals surface area contributed by atoms with Gasteiger partial charge in [-0.1, -0.05) is 38.1 Å². The number of nitrogens with one attached hydrogen (secondary N) is 1. The lowest BCUT2D eigenvalue weighted by Gasteiger charge is -2.11. The van der Waals surface area contributed by atoms with Crippen molar-refractivity contribution >= 4 is 18.7 Å². The van der Waals surface area contributed by atoms with Gasteiger partial charge in [-0.3, -0.25) is 9.52 Å². The molecule has 0 bridgehead atoms. The number of aliphatic hydroxyl groups excluding tert-OH is 1. The van der Waals surface area contributed by atoms with Crippen LogP contribution in [0.4, 0.5) is 0 Å². The molecular weight excluding hydrogens is 224 g/mol. The third-order valence-corrected chi connectivity index (χ3v) is 2.19. The molecule has 5 heteroatoms. The molecule has 0 fully saturated rings. The van der Waals surface area contributed by atoms with E-state index in [4.69, 9.17) is 10.8 Å². The highest BCUT2D eigenvalue weighted by Gasteiger charge is 2.13. The molecule has 0 aliphatic rings. The molecule has 0 spiro atoms. The maximum absolute atomic E-state index is 10.9. The Hall–Kier alpha value is -1.46. The Morgan fingerprint density at radius 2 is 2.06 bits per heavy atom. The molecule has 0 aliphatic carbocycles. The molecule has 0 aliphatic heterocycles. The van der Waals surface area contributed by atoms with Crippen LogP contribution in [0.3, 0.4) is 0 Å². The Balaban J connectivity index is 4.68. The fourth-order valence-corrected chi connectivity index (χ4v) is 1.14. The minimum absolute atomic E-state index is 0.0359. The minimum atomic E-state index is -0.577. The quantitative estimate of drug-likeness (QED) is 0.309. The SMILES string of the molecule is C=C/C(=C\C=C(\O)C=C)CC(NS)C(N)=O. The highest BCUT2D eigenvalue weighted by Crippen LogP contribution is 2.08. The van der Waals surface area contributed by atoms with Crippen molar-refractivity contribution < 1.29 is 9.90 Å². The van der Waals surface area contributed by atoms with Gasteiger partial charge in [-0.2, -0.15) is 0 Å². The number of rotatable bonds is 7. The molecule has 0 rings (SSSR count). The van der Waals surface area contributed by atoms with E-state index in [1.165, 1.54) is 12.2 Å². The molecule has 0 aromatic carbocycles. The van der Waals surface area contributed by atoms with Crippen LogP contribution in [-0.2, 0) is 4.79 Å². The highest BCUT2D eigenvalue weighted by molar-refractivity contribution is 7.78. The van der Waals surface area contributed by atoms with Gasteiger partial charge >= 0.3 is 0 Å². The molecule has 1 amide bonds. The summed E-state index contributed by atoms with van der Waals surface area (Å²) in [6, 6.07) is -0.577. The summed E-state index contributed by atoms with van der Waals surface area (Å²) in [6.07, 6.45) is 6.32. The Labute approximate surface area is 101 Å². The van der Waals surface area contributed by atoms with Crippen LogP contribution in [0.25, 0.3) is 0 Å². The lowest BCUT2D eigenvalue weighted by atomic mass is 10.1. The predicted octanol–water partition coefficient (Wildman–Crippen LogP) is 1.41. The first kappa shape index (κ1) is 14.5. The second-order valence-electron chi connectivity index (χ2n) is 3.03. The van der Waals surface area contributed by atoms with E-state index in [2.05, 4.69) is 30.7 Å². The number of hydrogen-bond donors (Lipinski definition) is 4. The summed E-state index contributed by atoms with van der Waals surface area (Å²) >= 11 is 3.80. The van der Waals surface area contributed by atoms with Crippen LogP contribution in [0.1, 0.15) is 6.42 Å². The average molecular weight is 240 g/mol. The number of aliphatic hydroxyl groups is 1. The summed E-state index contributed by atoms with van der Waals surface area (Å²) in [6.45, 7) is 7.00. The molecule has 88 valence electrons. The van der Waals surface area contributed by atoms with Crippen LogP contribution in [0, 0.1) is 0 Å². The third kappa shape index (κ3) is 5.43. The van der Waals surface area contributed by atoms with Crippen molar-refractivity contribution in [3.05, 3.63) is 48.8 Å². The fraction of sp³-hybridized carbons (Fsp3) is 0.182. The van der Waals surface area contributed by atoms with Crippen molar-refractivity contribution in [3.63, 3.8) is 0 Å². The molecule has 0 aromatic rings. The molecule has 0 saturated heterocycles. The normalized spacial score (nSPS) is 14.3. The largest absolute Gasteiger partial charge is 0.508 e. The van der Waals surface area contributed by atoms with Crippen LogP contribution in [0.15, 0.2) is 48.8 Å². The second-order valence-corrected chi connectivity index (χ2v) is 3.29. The zero-order chi connectivity index (χ0) is 12.6. The van der Waals surface area contributed by atoms with Crippen molar-refractivity contribution in [2.75, 3.05) is 0 Å². The Morgan fingerprint density at radius 3 is 2.44 bits per heavy atom. The Bertz CT molecular complexity index is 335. The molecule has 1 atom stereocenters. The van der Waals surface area contributed by atoms with Gasteiger partial charge in [-0.05, 0) is 24.1 Å². The van der Waals surface area contributed by atoms with Crippen molar-refractivity contribution in [1.82, 2.24) is 4.72 Å². The monoisotopic (exact) mass is 240 g/mol. The van der Waals surface area contributed by atoms with Crippen molar-refractivity contribution in [2.24, 2.45) is 5.73 Å². The summed E-state index contributed by atoms with van der Waals surface area (Å²) in [5, 5.41) is 9.14. The number of allylic oxidation sites excluding steroid dienone is 4. The van der Waals surface area contributed by atoms with Crippen LogP contribution in [0.2, 0.25) is 0 Å². The van der Waals surface area contributed by atoms with E-state index in [-0.39, 0.29) is 5.76 Å². The zero-order valence-electron chi connectivity index (χ0n) is 8.89. The number of hydrogen-bond acceptors (Lipinski definition) is 4. The lowest BCUT2D eigenvalue weighted by molar-refractivity contribution is -0.119. The van der Waals surface area contributed by atoms with Gasteiger partial charge < -0.3 is 10.8 Å². The van der Waals surface area contributed by atoms with Gasteiger partial charge in [-0.25, -0.2) is 0 Å². The van der Waals surface area contributed by atoms with Crippen LogP contribution >= 0.6 is 12.8 Å². The number of amides is 1. The zero-order valence-corrected chi connectivity index (χ0v) is 9.78. The molecule has 4 N–H and O–H groups in total. The second kappa shape index (κ2) is 7.78. The summed E-state index contributed by atoms with van der Waals surface area (Å²) in [7, 11) is 0. The molecule has 0 saturated carbocycles. The van der Waals surface area contributed by atoms with Crippen molar-refractivity contribution in [1.29, 1.82) is 0 Å². The van der Waals surface area contributed by atoms with Crippen LogP contribution in [0.5, 0.6) is 0 Å². The summed E-state index contributed by atoms with van der Waals surface area (Å²) in [5.41, 5.74) is 5.89. The van der Waals surface area contributed by atoms with E-state index in [1.807, 2.05) is 0 Å². The Kier molecular flexibility index (Phi) is 7.07. The van der Waals surface area contributed by atoms with E-state index in [0.29, 0.717) is 6.42 Å². The summed E-state index contributed by atoms with van der Waals surface area (Å²) in [5.74, 6) is -0.464. The number of carbonyl (C=O) groups is 1. The summed E-state index contributed by atoms with van der Waals surface area (Å²) in [4.78, 5) is 10.9. The third-order valence-electron chi connectivity index (χ3n) is 1.88. The van der Waals surface area contributed by atoms with E-state index in [0.717, 1.165) is 5.57 Å². The molecule has 0 radical (unpaired) electrons. The number of primary amides is 1. The van der Waals surface area contributed by atoms with Gasteiger partial charge in [0.05, 0.1) is 6.04 Å². The van der Waals surface area contributed by atoms with Gasteiger partial charge in [-0.15, -0.1) is 0 Å². The van der Waals surface area contributed by atoms with E-state index < -0.39 is 11.9 Å². The molecule has 16 heavy (non-hydrogen) atoms. The topological polar surface area (TPSA) is 75.3 Å². The number of nitrogens with two attached hydrogens (primary N) is 1. The smallest absolute Gasteiger partial charge is 0.235 e. The van der Waals surface area contributed by atoms with Crippen molar-refractivity contribution in [2.45, 2.75) is 12.5 Å². The first-order valence-corrected chi connectivity index (χ1v) is 5.03. The molecule has 0 heterocycles. The van der Waals surface area contributed by atoms with Crippen LogP contribution < -0.4 is 10.5 Å². The van der Waals surface area contributed by atoms with Gasteiger partial charge in [0.1, 0.15) is 5.76 Å². The standard InChI is InChI=1S/C11H16N2O2S/c1-3-8(5-6-9(14)4-2)7-10(13-16)11(12)15/h3-6,10,13-14,16H,1-2,7H2,(H2,12,15)/b8-5+,9-6+. The van der Waals surface area contributed by atoms with Gasteiger partial charge in [0.2, 0.25) is 5.91 Å². The lowest BCUT2D eigenvalue weighted by Crippen LogP contribution is -2.36. The highest BCUT2D eigenvalue weighted by atomic mass is 32.1. The van der Waals surface area contributed by atoms with Gasteiger partial charge in [0.15, 0.2) is 0 Å². The van der Waals surface area contributed by atoms with E-state index >= 15 is 0 Å². The van der Waals surface area contributed by atoms with Crippen molar-refractivity contribution in [3.8, 4) is 0 Å². The minimum Gasteiger partial charge on any atom is -0.508 e. The summed E-state index contributed by atoms with van der Waals surface area (Å²) < 4.78 is 2.50. The first-order valence-electron chi connectivity index (χ1n) is 4.58. The van der Waals surface area contributed by atoms with Crippen LogP contribution in [-0.4, -0.2) is 17.1 Å². The maximum atomic E-state index is 10.9. The average Bonchev–Trinajstić information content (AvgIpc) is 2.28. The van der Waals surface area contributed by atoms with Gasteiger partial charge in [0, 0.05) is 0 Å². The fourth-order valence-electron chi connectivity index (χ4n) is 0.925. The number of carbonyl (C=O) groups excluding carboxylic acids is 1. The van der Waals surface area contributed by atoms with E-state index in [9.17, 15) is 4.79 Å². The maximum Gasteiger partial charge on any atom is 0.235 e. The van der Waals surface area contributed by atoms with Gasteiger partial charge in [0.25, 0.3) is 0 Å². The first-order chi connectivity index (χ1) is 7.54. The molecule has 0 aromatic heterocycles. The molecule has 4 nitrogen and oxygen atoms in total. The molecule has 1 unspecified atom stereocenters. The van der Waals surface area contributed by atoms with E-state index in [1.54, 1.807) is 12.2 Å². The predicted molar refractivity (Wildman–Crippen MR) is 68.9 cm³/mol. The number of thiol groups is 1. The Morgan fingerprint density at radius 1 is 1.44 bits per heavy atom. The molecular formula is C11H16N2O2S.